The topological polar surface area (TPSA) is 30.7 Å². The molecule has 12 rings (SSSR count). The molecule has 0 bridgehead atoms. The van der Waals surface area contributed by atoms with Crippen LogP contribution < -0.4 is 0 Å². The summed E-state index contributed by atoms with van der Waals surface area (Å²) in [6.07, 6.45) is 0. The normalized spacial score (nSPS) is 12.6. The van der Waals surface area contributed by atoms with Crippen LogP contribution in [0.3, 0.4) is 0 Å². The lowest BCUT2D eigenvalue weighted by atomic mass is 10.00. The van der Waals surface area contributed by atoms with E-state index in [9.17, 15) is 0 Å². The molecule has 12 aromatic rings. The molecule has 0 atom stereocenters. The highest BCUT2D eigenvalue weighted by Crippen LogP contribution is 2.48. The van der Waals surface area contributed by atoms with E-state index < -0.39 is 0 Å². The quantitative estimate of drug-likeness (QED) is 0.172. The van der Waals surface area contributed by atoms with Crippen molar-refractivity contribution in [2.24, 2.45) is 0 Å². The molecule has 0 unspecified atom stereocenters. The van der Waals surface area contributed by atoms with Crippen LogP contribution in [0.4, 0.5) is 0 Å². The summed E-state index contributed by atoms with van der Waals surface area (Å²) in [5, 5.41) is 11.3. The first-order valence-corrected chi connectivity index (χ1v) is 18.4. The molecular weight excluding hydrogens is 643 g/mol. The van der Waals surface area contributed by atoms with Crippen molar-refractivity contribution >= 4 is 127 Å². The Morgan fingerprint density at radius 1 is 0.458 bits per heavy atom. The first-order valence-electron chi connectivity index (χ1n) is 16.0. The van der Waals surface area contributed by atoms with Crippen molar-refractivity contribution in [3.63, 3.8) is 0 Å². The fourth-order valence-corrected chi connectivity index (χ4v) is 11.5. The van der Waals surface area contributed by atoms with E-state index in [-0.39, 0.29) is 0 Å². The third-order valence-corrected chi connectivity index (χ3v) is 13.5. The Hall–Kier alpha value is -5.40. The van der Waals surface area contributed by atoms with Gasteiger partial charge in [0.2, 0.25) is 5.95 Å². The lowest BCUT2D eigenvalue weighted by Gasteiger charge is -2.11. The van der Waals surface area contributed by atoms with Gasteiger partial charge in [0, 0.05) is 66.8 Å². The maximum atomic E-state index is 5.63. The standard InChI is InChI=1S/C42H21N3S3/c1-4-16-30-24(10-1)25-13-8-14-28(40(25)47-30)38-41-37(27-12-3-6-18-32(27)48-41)43-42(44-38)45-29-15-7-9-22-19-20-23-21-33-36(39(45)35(23)34(22)29)26-11-2-5-17-31(26)46-33/h1-21H. The van der Waals surface area contributed by atoms with Crippen molar-refractivity contribution < 1.29 is 0 Å². The molecule has 0 N–H and O–H groups in total. The molecule has 0 saturated carbocycles. The molecule has 3 nitrogen and oxygen atoms in total. The van der Waals surface area contributed by atoms with Gasteiger partial charge in [0.1, 0.15) is 0 Å². The van der Waals surface area contributed by atoms with Gasteiger partial charge in [-0.25, -0.2) is 9.97 Å². The predicted molar refractivity (Wildman–Crippen MR) is 209 cm³/mol. The third-order valence-electron chi connectivity index (χ3n) is 9.97. The SMILES string of the molecule is c1ccc2c(c1)sc1c(-c3nc(-n4c5cccc6ccc7cc8sc9ccccc9c8c4c7c65)nc4c3sc3ccccc34)cccc12. The molecular formula is C42H21N3S3. The van der Waals surface area contributed by atoms with Gasteiger partial charge >= 0.3 is 0 Å². The highest BCUT2D eigenvalue weighted by molar-refractivity contribution is 7.27. The average Bonchev–Trinajstić information content (AvgIpc) is 3.89. The molecule has 0 fully saturated rings. The lowest BCUT2D eigenvalue weighted by molar-refractivity contribution is 1.02. The van der Waals surface area contributed by atoms with Gasteiger partial charge in [-0.2, -0.15) is 0 Å². The van der Waals surface area contributed by atoms with E-state index in [0.717, 1.165) is 27.0 Å². The number of fused-ring (bicyclic) bond motifs is 10. The Labute approximate surface area is 284 Å². The van der Waals surface area contributed by atoms with Crippen molar-refractivity contribution in [1.29, 1.82) is 0 Å². The van der Waals surface area contributed by atoms with Gasteiger partial charge in [-0.1, -0.05) is 97.1 Å². The summed E-state index contributed by atoms with van der Waals surface area (Å²) < 4.78 is 9.86. The van der Waals surface area contributed by atoms with Crippen molar-refractivity contribution in [2.75, 3.05) is 0 Å². The van der Waals surface area contributed by atoms with Crippen molar-refractivity contribution in [3.05, 3.63) is 127 Å². The van der Waals surface area contributed by atoms with Crippen LogP contribution in [0.15, 0.2) is 127 Å². The number of nitrogens with zero attached hydrogens (tertiary/aromatic N) is 3. The second kappa shape index (κ2) is 9.14. The molecule has 222 valence electrons. The van der Waals surface area contributed by atoms with E-state index in [1.54, 1.807) is 11.3 Å². The Morgan fingerprint density at radius 3 is 2.02 bits per heavy atom. The second-order valence-corrected chi connectivity index (χ2v) is 15.7. The van der Waals surface area contributed by atoms with Gasteiger partial charge in [-0.15, -0.1) is 34.0 Å². The number of benzene rings is 7. The van der Waals surface area contributed by atoms with Gasteiger partial charge in [0.05, 0.1) is 26.9 Å². The van der Waals surface area contributed by atoms with Crippen LogP contribution in [0, 0.1) is 0 Å². The predicted octanol–water partition coefficient (Wildman–Crippen LogP) is 12.9. The maximum Gasteiger partial charge on any atom is 0.235 e. The summed E-state index contributed by atoms with van der Waals surface area (Å²) in [6, 6.07) is 46.4. The number of rotatable bonds is 2. The van der Waals surface area contributed by atoms with E-state index in [0.29, 0.717) is 5.95 Å². The van der Waals surface area contributed by atoms with E-state index in [1.807, 2.05) is 22.7 Å². The zero-order valence-corrected chi connectivity index (χ0v) is 27.6. The largest absolute Gasteiger partial charge is 0.277 e. The average molecular weight is 664 g/mol. The number of hydrogen-bond donors (Lipinski definition) is 0. The number of aromatic nitrogens is 3. The molecule has 48 heavy (non-hydrogen) atoms. The van der Waals surface area contributed by atoms with Crippen molar-refractivity contribution in [2.45, 2.75) is 0 Å². The van der Waals surface area contributed by atoms with Gasteiger partial charge < -0.3 is 0 Å². The molecule has 0 radical (unpaired) electrons. The Balaban J connectivity index is 1.30. The van der Waals surface area contributed by atoms with Crippen LogP contribution in [0.5, 0.6) is 0 Å². The molecule has 0 saturated heterocycles. The first kappa shape index (κ1) is 25.7. The molecule has 0 spiro atoms. The second-order valence-electron chi connectivity index (χ2n) is 12.5. The minimum absolute atomic E-state index is 0.715. The van der Waals surface area contributed by atoms with Crippen LogP contribution in [0.25, 0.3) is 110 Å². The molecule has 0 aliphatic carbocycles. The van der Waals surface area contributed by atoms with Gasteiger partial charge in [-0.3, -0.25) is 4.57 Å². The third kappa shape index (κ3) is 3.22. The van der Waals surface area contributed by atoms with Crippen molar-refractivity contribution in [1.82, 2.24) is 14.5 Å². The Bertz CT molecular complexity index is 3300. The number of thiophene rings is 3. The molecule has 0 amide bonds. The van der Waals surface area contributed by atoms with E-state index in [1.165, 1.54) is 77.5 Å². The Morgan fingerprint density at radius 2 is 1.15 bits per heavy atom. The molecule has 5 heterocycles. The lowest BCUT2D eigenvalue weighted by Crippen LogP contribution is -2.03. The maximum absolute atomic E-state index is 5.63. The summed E-state index contributed by atoms with van der Waals surface area (Å²) in [4.78, 5) is 11.1. The number of hydrogen-bond acceptors (Lipinski definition) is 5. The molecule has 7 aromatic carbocycles. The van der Waals surface area contributed by atoms with Crippen LogP contribution >= 0.6 is 34.0 Å². The van der Waals surface area contributed by atoms with Crippen LogP contribution in [-0.2, 0) is 0 Å². The minimum Gasteiger partial charge on any atom is -0.277 e. The Kier molecular flexibility index (Phi) is 4.89. The van der Waals surface area contributed by atoms with E-state index in [2.05, 4.69) is 132 Å². The summed E-state index contributed by atoms with van der Waals surface area (Å²) in [5.74, 6) is 0.715. The summed E-state index contributed by atoms with van der Waals surface area (Å²) >= 11 is 5.51. The van der Waals surface area contributed by atoms with E-state index in [4.69, 9.17) is 9.97 Å². The highest BCUT2D eigenvalue weighted by Gasteiger charge is 2.25. The summed E-state index contributed by atoms with van der Waals surface area (Å²) in [7, 11) is 0. The molecule has 0 aliphatic rings. The first-order chi connectivity index (χ1) is 23.8. The van der Waals surface area contributed by atoms with Gasteiger partial charge in [0.15, 0.2) is 0 Å². The fraction of sp³-hybridized carbons (Fsp3) is 0. The molecule has 5 aromatic heterocycles. The zero-order chi connectivity index (χ0) is 31.1. The molecule has 0 aliphatic heterocycles. The zero-order valence-electron chi connectivity index (χ0n) is 25.2. The summed E-state index contributed by atoms with van der Waals surface area (Å²) in [6.45, 7) is 0. The fourth-order valence-electron chi connectivity index (χ4n) is 7.96. The van der Waals surface area contributed by atoms with Gasteiger partial charge in [0.25, 0.3) is 0 Å². The van der Waals surface area contributed by atoms with Crippen LogP contribution in [-0.4, -0.2) is 14.5 Å². The summed E-state index contributed by atoms with van der Waals surface area (Å²) in [5.41, 5.74) is 5.50. The van der Waals surface area contributed by atoms with Crippen molar-refractivity contribution in [3.8, 4) is 17.2 Å². The molecule has 6 heteroatoms. The van der Waals surface area contributed by atoms with Crippen LogP contribution in [0.1, 0.15) is 0 Å². The monoisotopic (exact) mass is 663 g/mol. The van der Waals surface area contributed by atoms with E-state index >= 15 is 0 Å². The van der Waals surface area contributed by atoms with Gasteiger partial charge in [-0.05, 0) is 41.1 Å². The highest BCUT2D eigenvalue weighted by atomic mass is 32.1. The minimum atomic E-state index is 0.715. The smallest absolute Gasteiger partial charge is 0.235 e. The van der Waals surface area contributed by atoms with Crippen LogP contribution in [0.2, 0.25) is 0 Å².